The Kier molecular flexibility index (Phi) is 4.40. The second-order valence-corrected chi connectivity index (χ2v) is 6.17. The third-order valence-electron chi connectivity index (χ3n) is 4.36. The fourth-order valence-electron chi connectivity index (χ4n) is 3.02. The van der Waals surface area contributed by atoms with E-state index in [9.17, 15) is 5.11 Å². The summed E-state index contributed by atoms with van der Waals surface area (Å²) in [6, 6.07) is 34.1. The van der Waals surface area contributed by atoms with E-state index >= 15 is 0 Å². The van der Waals surface area contributed by atoms with Crippen molar-refractivity contribution in [2.75, 3.05) is 5.32 Å². The number of anilines is 2. The lowest BCUT2D eigenvalue weighted by Gasteiger charge is -2.09. The van der Waals surface area contributed by atoms with Gasteiger partial charge >= 0.3 is 0 Å². The Morgan fingerprint density at radius 2 is 1.15 bits per heavy atom. The maximum absolute atomic E-state index is 10.1. The Balaban J connectivity index is 1.60. The Morgan fingerprint density at radius 3 is 1.92 bits per heavy atom. The maximum Gasteiger partial charge on any atom is 0.123 e. The van der Waals surface area contributed by atoms with Gasteiger partial charge in [-0.3, -0.25) is 0 Å². The van der Waals surface area contributed by atoms with E-state index in [-0.39, 0.29) is 0 Å². The summed E-state index contributed by atoms with van der Waals surface area (Å²) in [6.45, 7) is 0. The minimum Gasteiger partial charge on any atom is -0.507 e. The molecule has 2 nitrogen and oxygen atoms in total. The fourth-order valence-corrected chi connectivity index (χ4v) is 3.02. The van der Waals surface area contributed by atoms with Crippen molar-refractivity contribution < 1.29 is 5.11 Å². The molecule has 0 fully saturated rings. The number of nitrogens with one attached hydrogen (secondary N) is 1. The molecule has 0 saturated heterocycles. The van der Waals surface area contributed by atoms with Crippen molar-refractivity contribution >= 4 is 11.4 Å². The van der Waals surface area contributed by atoms with Crippen LogP contribution in [-0.2, 0) is 0 Å². The molecule has 4 rings (SSSR count). The minimum atomic E-state index is 0.298. The number of aromatic hydroxyl groups is 1. The van der Waals surface area contributed by atoms with Crippen LogP contribution >= 0.6 is 0 Å². The minimum absolute atomic E-state index is 0.298. The van der Waals surface area contributed by atoms with Crippen molar-refractivity contribution in [1.29, 1.82) is 0 Å². The van der Waals surface area contributed by atoms with Gasteiger partial charge < -0.3 is 10.4 Å². The first-order valence-corrected chi connectivity index (χ1v) is 8.60. The molecule has 0 aromatic heterocycles. The molecule has 0 amide bonds. The number of benzene rings is 4. The summed E-state index contributed by atoms with van der Waals surface area (Å²) in [5, 5.41) is 13.5. The van der Waals surface area contributed by atoms with Crippen molar-refractivity contribution in [3.63, 3.8) is 0 Å². The average molecular weight is 337 g/mol. The molecule has 126 valence electrons. The molecule has 4 aromatic rings. The summed E-state index contributed by atoms with van der Waals surface area (Å²) >= 11 is 0. The van der Waals surface area contributed by atoms with E-state index in [1.54, 1.807) is 6.07 Å². The monoisotopic (exact) mass is 337 g/mol. The van der Waals surface area contributed by atoms with Crippen molar-refractivity contribution in [2.24, 2.45) is 0 Å². The lowest BCUT2D eigenvalue weighted by Crippen LogP contribution is -1.89. The van der Waals surface area contributed by atoms with Crippen LogP contribution in [0.5, 0.6) is 5.75 Å². The molecule has 0 heterocycles. The van der Waals surface area contributed by atoms with Gasteiger partial charge in [0.1, 0.15) is 5.75 Å². The molecular weight excluding hydrogens is 318 g/mol. The largest absolute Gasteiger partial charge is 0.507 e. The summed E-state index contributed by atoms with van der Waals surface area (Å²) in [7, 11) is 0. The van der Waals surface area contributed by atoms with Gasteiger partial charge in [-0.15, -0.1) is 0 Å². The topological polar surface area (TPSA) is 32.3 Å². The molecule has 0 saturated carbocycles. The first kappa shape index (κ1) is 16.0. The summed E-state index contributed by atoms with van der Waals surface area (Å²) in [5.74, 6) is 0.298. The van der Waals surface area contributed by atoms with Crippen LogP contribution in [0.25, 0.3) is 22.3 Å². The summed E-state index contributed by atoms with van der Waals surface area (Å²) in [5.41, 5.74) is 6.24. The predicted molar refractivity (Wildman–Crippen MR) is 109 cm³/mol. The highest BCUT2D eigenvalue weighted by atomic mass is 16.3. The zero-order valence-corrected chi connectivity index (χ0v) is 14.3. The molecule has 26 heavy (non-hydrogen) atoms. The lowest BCUT2D eigenvalue weighted by molar-refractivity contribution is 0.477. The van der Waals surface area contributed by atoms with E-state index in [0.717, 1.165) is 33.6 Å². The zero-order valence-electron chi connectivity index (χ0n) is 14.3. The molecular formula is C24H19NO. The highest BCUT2D eigenvalue weighted by Crippen LogP contribution is 2.32. The van der Waals surface area contributed by atoms with Crippen LogP contribution in [-0.4, -0.2) is 5.11 Å². The Morgan fingerprint density at radius 1 is 0.500 bits per heavy atom. The van der Waals surface area contributed by atoms with E-state index in [4.69, 9.17) is 0 Å². The van der Waals surface area contributed by atoms with E-state index in [2.05, 4.69) is 41.7 Å². The Bertz CT molecular complexity index is 1010. The van der Waals surface area contributed by atoms with Crippen LogP contribution in [0, 0.1) is 0 Å². The van der Waals surface area contributed by atoms with Gasteiger partial charge in [0.25, 0.3) is 0 Å². The smallest absolute Gasteiger partial charge is 0.123 e. The van der Waals surface area contributed by atoms with Crippen LogP contribution in [0.2, 0.25) is 0 Å². The molecule has 0 aliphatic carbocycles. The SMILES string of the molecule is Oc1ccccc1-c1cccc(-c2ccc(Nc3ccccc3)cc2)c1. The van der Waals surface area contributed by atoms with E-state index in [1.165, 1.54) is 0 Å². The zero-order chi connectivity index (χ0) is 17.8. The quantitative estimate of drug-likeness (QED) is 0.447. The molecule has 0 spiro atoms. The maximum atomic E-state index is 10.1. The standard InChI is InChI=1S/C24H19NO/c26-24-12-5-4-11-23(24)20-8-6-7-19(17-20)18-13-15-22(16-14-18)25-21-9-2-1-3-10-21/h1-17,25-26H. The normalized spacial score (nSPS) is 10.5. The third kappa shape index (κ3) is 3.45. The first-order valence-electron chi connectivity index (χ1n) is 8.60. The Labute approximate surface area is 153 Å². The molecule has 0 radical (unpaired) electrons. The lowest BCUT2D eigenvalue weighted by atomic mass is 9.98. The van der Waals surface area contributed by atoms with Crippen LogP contribution in [0.4, 0.5) is 11.4 Å². The molecule has 2 heteroatoms. The molecule has 0 aliphatic rings. The summed E-state index contributed by atoms with van der Waals surface area (Å²) in [4.78, 5) is 0. The molecule has 0 atom stereocenters. The number of phenolic OH excluding ortho intramolecular Hbond substituents is 1. The summed E-state index contributed by atoms with van der Waals surface area (Å²) in [6.07, 6.45) is 0. The van der Waals surface area contributed by atoms with E-state index < -0.39 is 0 Å². The van der Waals surface area contributed by atoms with Crippen LogP contribution in [0.15, 0.2) is 103 Å². The number of hydrogen-bond acceptors (Lipinski definition) is 2. The van der Waals surface area contributed by atoms with Crippen LogP contribution in [0.3, 0.4) is 0 Å². The number of hydrogen-bond donors (Lipinski definition) is 2. The van der Waals surface area contributed by atoms with Crippen molar-refractivity contribution in [2.45, 2.75) is 0 Å². The van der Waals surface area contributed by atoms with Crippen molar-refractivity contribution in [1.82, 2.24) is 0 Å². The number of rotatable bonds is 4. The van der Waals surface area contributed by atoms with Gasteiger partial charge in [0.05, 0.1) is 0 Å². The average Bonchev–Trinajstić information content (AvgIpc) is 2.70. The highest BCUT2D eigenvalue weighted by Gasteiger charge is 2.05. The molecule has 2 N–H and O–H groups in total. The fraction of sp³-hybridized carbons (Fsp3) is 0. The van der Waals surface area contributed by atoms with Crippen molar-refractivity contribution in [3.05, 3.63) is 103 Å². The van der Waals surface area contributed by atoms with Crippen molar-refractivity contribution in [3.8, 4) is 28.0 Å². The molecule has 0 unspecified atom stereocenters. The number of phenols is 1. The van der Waals surface area contributed by atoms with Crippen LogP contribution < -0.4 is 5.32 Å². The number of para-hydroxylation sites is 2. The van der Waals surface area contributed by atoms with Gasteiger partial charge in [-0.1, -0.05) is 66.7 Å². The second-order valence-electron chi connectivity index (χ2n) is 6.17. The first-order chi connectivity index (χ1) is 12.8. The molecule has 0 aliphatic heterocycles. The van der Waals surface area contributed by atoms with Crippen LogP contribution in [0.1, 0.15) is 0 Å². The molecule has 4 aromatic carbocycles. The van der Waals surface area contributed by atoms with Gasteiger partial charge in [-0.05, 0) is 53.1 Å². The van der Waals surface area contributed by atoms with E-state index in [1.807, 2.05) is 60.7 Å². The Hall–Kier alpha value is -3.52. The second kappa shape index (κ2) is 7.16. The molecule has 0 bridgehead atoms. The van der Waals surface area contributed by atoms with Gasteiger partial charge in [0.2, 0.25) is 0 Å². The van der Waals surface area contributed by atoms with Gasteiger partial charge in [0, 0.05) is 16.9 Å². The van der Waals surface area contributed by atoms with Gasteiger partial charge in [-0.25, -0.2) is 0 Å². The van der Waals surface area contributed by atoms with E-state index in [0.29, 0.717) is 5.75 Å². The van der Waals surface area contributed by atoms with Gasteiger partial charge in [-0.2, -0.15) is 0 Å². The third-order valence-corrected chi connectivity index (χ3v) is 4.36. The predicted octanol–water partition coefficient (Wildman–Crippen LogP) is 6.47. The van der Waals surface area contributed by atoms with Gasteiger partial charge in [0.15, 0.2) is 0 Å². The summed E-state index contributed by atoms with van der Waals surface area (Å²) < 4.78 is 0. The highest BCUT2D eigenvalue weighted by molar-refractivity contribution is 5.77.